The third-order valence-electron chi connectivity index (χ3n) is 3.77. The van der Waals surface area contributed by atoms with E-state index in [-0.39, 0.29) is 24.0 Å². The van der Waals surface area contributed by atoms with Crippen molar-refractivity contribution in [2.75, 3.05) is 31.5 Å². The zero-order chi connectivity index (χ0) is 16.8. The molecule has 0 bridgehead atoms. The van der Waals surface area contributed by atoms with Crippen LogP contribution in [0.1, 0.15) is 31.1 Å². The Morgan fingerprint density at radius 3 is 2.61 bits per heavy atom. The van der Waals surface area contributed by atoms with Crippen LogP contribution in [0.5, 0.6) is 0 Å². The minimum Gasteiger partial charge on any atom is -0.364 e. The molecule has 0 radical (unpaired) electrons. The summed E-state index contributed by atoms with van der Waals surface area (Å²) >= 11 is 0. The van der Waals surface area contributed by atoms with E-state index >= 15 is 0 Å². The third-order valence-corrected chi connectivity index (χ3v) is 3.77. The van der Waals surface area contributed by atoms with Gasteiger partial charge >= 0.3 is 0 Å². The number of ether oxygens (including phenoxy) is 1. The van der Waals surface area contributed by atoms with Gasteiger partial charge in [-0.25, -0.2) is 0 Å². The number of nitrogens with one attached hydrogen (secondary N) is 3. The fraction of sp³-hybridized carbons (Fsp3) is 0.529. The van der Waals surface area contributed by atoms with Gasteiger partial charge in [0.2, 0.25) is 0 Å². The zero-order valence-corrected chi connectivity index (χ0v) is 14.0. The number of hydrogen-bond acceptors (Lipinski definition) is 3. The lowest BCUT2D eigenvalue weighted by molar-refractivity contribution is -0.907. The summed E-state index contributed by atoms with van der Waals surface area (Å²) in [6.45, 7) is 8.58. The van der Waals surface area contributed by atoms with Gasteiger partial charge in [-0.3, -0.25) is 9.59 Å². The first-order valence-electron chi connectivity index (χ1n) is 8.15. The number of amides is 2. The maximum atomic E-state index is 12.2. The second-order valence-electron chi connectivity index (χ2n) is 6.08. The van der Waals surface area contributed by atoms with E-state index in [9.17, 15) is 9.59 Å². The lowest BCUT2D eigenvalue weighted by Crippen LogP contribution is -3.16. The second kappa shape index (κ2) is 8.08. The van der Waals surface area contributed by atoms with Crippen LogP contribution < -0.4 is 15.5 Å². The van der Waals surface area contributed by atoms with Gasteiger partial charge in [-0.1, -0.05) is 6.07 Å². The molecule has 126 valence electrons. The molecule has 6 heteroatoms. The summed E-state index contributed by atoms with van der Waals surface area (Å²) in [4.78, 5) is 25.3. The van der Waals surface area contributed by atoms with E-state index in [1.807, 2.05) is 20.8 Å². The fourth-order valence-electron chi connectivity index (χ4n) is 2.97. The fourth-order valence-corrected chi connectivity index (χ4v) is 2.97. The first kappa shape index (κ1) is 17.4. The Kier molecular flexibility index (Phi) is 6.12. The first-order valence-corrected chi connectivity index (χ1v) is 8.15. The summed E-state index contributed by atoms with van der Waals surface area (Å²) in [5.41, 5.74) is 1.19. The average Bonchev–Trinajstić information content (AvgIpc) is 2.46. The van der Waals surface area contributed by atoms with Crippen LogP contribution in [0.15, 0.2) is 24.3 Å². The molecule has 1 unspecified atom stereocenters. The molecule has 23 heavy (non-hydrogen) atoms. The summed E-state index contributed by atoms with van der Waals surface area (Å²) in [7, 11) is 0. The Morgan fingerprint density at radius 2 is 1.96 bits per heavy atom. The molecular weight excluding hydrogens is 294 g/mol. The second-order valence-corrected chi connectivity index (χ2v) is 6.08. The van der Waals surface area contributed by atoms with Crippen molar-refractivity contribution in [1.29, 1.82) is 0 Å². The number of morpholine rings is 1. The maximum absolute atomic E-state index is 12.2. The molecular formula is C17H26N3O3+. The van der Waals surface area contributed by atoms with Crippen molar-refractivity contribution < 1.29 is 19.2 Å². The molecule has 1 aliphatic heterocycles. The normalized spacial score (nSPS) is 24.0. The molecule has 0 spiro atoms. The van der Waals surface area contributed by atoms with Gasteiger partial charge in [0.1, 0.15) is 25.3 Å². The van der Waals surface area contributed by atoms with Gasteiger partial charge in [-0.2, -0.15) is 0 Å². The quantitative estimate of drug-likeness (QED) is 0.719. The molecule has 1 heterocycles. The number of quaternary nitrogens is 1. The highest BCUT2D eigenvalue weighted by molar-refractivity contribution is 5.97. The lowest BCUT2D eigenvalue weighted by Gasteiger charge is -2.31. The van der Waals surface area contributed by atoms with Gasteiger partial charge < -0.3 is 20.3 Å². The van der Waals surface area contributed by atoms with Gasteiger partial charge in [0.25, 0.3) is 11.8 Å². The van der Waals surface area contributed by atoms with Gasteiger partial charge in [0, 0.05) is 17.8 Å². The molecule has 1 aromatic rings. The number of carbonyl (C=O) groups is 2. The van der Waals surface area contributed by atoms with E-state index in [1.54, 1.807) is 24.3 Å². The monoisotopic (exact) mass is 320 g/mol. The van der Waals surface area contributed by atoms with Crippen LogP contribution in [0.4, 0.5) is 5.69 Å². The average molecular weight is 320 g/mol. The number of rotatable bonds is 5. The summed E-state index contributed by atoms with van der Waals surface area (Å²) < 4.78 is 5.68. The molecule has 0 saturated carbocycles. The van der Waals surface area contributed by atoms with E-state index in [0.29, 0.717) is 24.3 Å². The van der Waals surface area contributed by atoms with E-state index in [0.717, 1.165) is 13.1 Å². The Labute approximate surface area is 137 Å². The third kappa shape index (κ3) is 5.33. The van der Waals surface area contributed by atoms with Gasteiger partial charge in [-0.05, 0) is 39.0 Å². The van der Waals surface area contributed by atoms with Gasteiger partial charge in [0.05, 0.1) is 0 Å². The van der Waals surface area contributed by atoms with Crippen LogP contribution in [0.25, 0.3) is 0 Å². The van der Waals surface area contributed by atoms with Gasteiger partial charge in [-0.15, -0.1) is 0 Å². The highest BCUT2D eigenvalue weighted by atomic mass is 16.5. The largest absolute Gasteiger partial charge is 0.364 e. The van der Waals surface area contributed by atoms with Crippen LogP contribution in [0, 0.1) is 0 Å². The number of benzene rings is 1. The van der Waals surface area contributed by atoms with Crippen LogP contribution in [0.3, 0.4) is 0 Å². The standard InChI is InChI=1S/C17H25N3O3/c1-4-18-17(22)14-6-5-7-15(8-14)19-16(21)11-20-9-12(2)23-13(3)10-20/h5-8,12-13H,4,9-11H2,1-3H3,(H,18,22)(H,19,21)/p+1/t12-,13+. The lowest BCUT2D eigenvalue weighted by atomic mass is 10.2. The number of anilines is 1. The molecule has 2 rings (SSSR count). The van der Waals surface area contributed by atoms with E-state index in [4.69, 9.17) is 4.74 Å². The summed E-state index contributed by atoms with van der Waals surface area (Å²) in [6.07, 6.45) is 0.338. The van der Waals surface area contributed by atoms with Crippen LogP contribution in [-0.4, -0.2) is 50.2 Å². The minimum absolute atomic E-state index is 0.0469. The smallest absolute Gasteiger partial charge is 0.279 e. The molecule has 1 fully saturated rings. The Morgan fingerprint density at radius 1 is 1.26 bits per heavy atom. The Hall–Kier alpha value is -1.92. The molecule has 2 amide bonds. The molecule has 6 nitrogen and oxygen atoms in total. The van der Waals surface area contributed by atoms with E-state index in [1.165, 1.54) is 4.90 Å². The molecule has 3 N–H and O–H groups in total. The molecule has 3 atom stereocenters. The van der Waals surface area contributed by atoms with Gasteiger partial charge in [0.15, 0.2) is 6.54 Å². The molecule has 1 aromatic carbocycles. The van der Waals surface area contributed by atoms with Crippen molar-refractivity contribution in [1.82, 2.24) is 5.32 Å². The predicted molar refractivity (Wildman–Crippen MR) is 88.7 cm³/mol. The highest BCUT2D eigenvalue weighted by Gasteiger charge is 2.27. The van der Waals surface area contributed by atoms with Crippen molar-refractivity contribution in [3.63, 3.8) is 0 Å². The van der Waals surface area contributed by atoms with Crippen LogP contribution in [-0.2, 0) is 9.53 Å². The predicted octanol–water partition coefficient (Wildman–Crippen LogP) is 0.0669. The molecule has 1 saturated heterocycles. The van der Waals surface area contributed by atoms with Crippen molar-refractivity contribution >= 4 is 17.5 Å². The topological polar surface area (TPSA) is 71.9 Å². The van der Waals surface area contributed by atoms with E-state index < -0.39 is 0 Å². The van der Waals surface area contributed by atoms with Crippen molar-refractivity contribution in [3.8, 4) is 0 Å². The Balaban J connectivity index is 1.92. The van der Waals surface area contributed by atoms with Crippen molar-refractivity contribution in [2.24, 2.45) is 0 Å². The summed E-state index contributed by atoms with van der Waals surface area (Å²) in [5.74, 6) is -0.181. The number of hydrogen-bond donors (Lipinski definition) is 3. The molecule has 1 aliphatic rings. The maximum Gasteiger partial charge on any atom is 0.279 e. The Bertz CT molecular complexity index is 552. The summed E-state index contributed by atoms with van der Waals surface area (Å²) in [5, 5.41) is 5.62. The van der Waals surface area contributed by atoms with Crippen molar-refractivity contribution in [2.45, 2.75) is 33.0 Å². The van der Waals surface area contributed by atoms with Crippen LogP contribution in [0.2, 0.25) is 0 Å². The molecule has 0 aliphatic carbocycles. The SMILES string of the molecule is CCNC(=O)c1cccc(NC(=O)C[NH+]2C[C@@H](C)O[C@@H](C)C2)c1. The summed E-state index contributed by atoms with van der Waals surface area (Å²) in [6, 6.07) is 6.99. The van der Waals surface area contributed by atoms with E-state index in [2.05, 4.69) is 10.6 Å². The van der Waals surface area contributed by atoms with Crippen molar-refractivity contribution in [3.05, 3.63) is 29.8 Å². The van der Waals surface area contributed by atoms with Crippen LogP contribution >= 0.6 is 0 Å². The zero-order valence-electron chi connectivity index (χ0n) is 14.0. The highest BCUT2D eigenvalue weighted by Crippen LogP contribution is 2.10. The number of carbonyl (C=O) groups excluding carboxylic acids is 2. The first-order chi connectivity index (χ1) is 11.0. The minimum atomic E-state index is -0.134. The molecule has 0 aromatic heterocycles.